The van der Waals surface area contributed by atoms with E-state index in [9.17, 15) is 0 Å². The number of rotatable bonds is 8. The van der Waals surface area contributed by atoms with E-state index in [1.165, 1.54) is 63.4 Å². The van der Waals surface area contributed by atoms with Crippen molar-refractivity contribution in [2.24, 2.45) is 29.6 Å². The second-order valence-corrected chi connectivity index (χ2v) is 11.0. The minimum atomic E-state index is 0.670. The number of fused-ring (bicyclic) bond motifs is 1. The Bertz CT molecular complexity index is 666. The highest BCUT2D eigenvalue weighted by Crippen LogP contribution is 2.50. The van der Waals surface area contributed by atoms with E-state index in [1.807, 2.05) is 13.0 Å². The lowest BCUT2D eigenvalue weighted by Crippen LogP contribution is -2.34. The molecule has 0 bridgehead atoms. The zero-order chi connectivity index (χ0) is 21.5. The van der Waals surface area contributed by atoms with Gasteiger partial charge in [-0.15, -0.1) is 0 Å². The van der Waals surface area contributed by atoms with Crippen molar-refractivity contribution in [1.82, 2.24) is 0 Å². The second-order valence-electron chi connectivity index (χ2n) is 11.0. The molecule has 3 fully saturated rings. The van der Waals surface area contributed by atoms with Gasteiger partial charge in [0.1, 0.15) is 12.4 Å². The maximum Gasteiger partial charge on any atom is 0.119 e. The predicted octanol–water partition coefficient (Wildman–Crippen LogP) is 8.94. The van der Waals surface area contributed by atoms with Crippen molar-refractivity contribution in [3.8, 4) is 5.75 Å². The molecule has 1 aromatic carbocycles. The van der Waals surface area contributed by atoms with Crippen LogP contribution in [0.2, 0.25) is 0 Å². The standard InChI is InChI=1S/C30H46O/c1-3-5-7-23-8-9-29-22-28(15-14-27(29)21-23)26-12-10-24(11-13-26)25-16-18-30(19-17-25)31-20-6-4-2/h4,6,16-19,23-24,26-29H,3,5,7-15,20-22H2,1-2H3/b6-4+. The molecule has 31 heavy (non-hydrogen) atoms. The van der Waals surface area contributed by atoms with Crippen molar-refractivity contribution in [2.75, 3.05) is 6.61 Å². The van der Waals surface area contributed by atoms with Crippen LogP contribution in [0.5, 0.6) is 5.75 Å². The van der Waals surface area contributed by atoms with E-state index < -0.39 is 0 Å². The first kappa shape index (κ1) is 22.9. The van der Waals surface area contributed by atoms with Crippen LogP contribution in [0.15, 0.2) is 36.4 Å². The number of ether oxygens (including phenoxy) is 1. The third-order valence-corrected chi connectivity index (χ3v) is 9.10. The Balaban J connectivity index is 1.22. The van der Waals surface area contributed by atoms with Crippen LogP contribution in [0.25, 0.3) is 0 Å². The van der Waals surface area contributed by atoms with Gasteiger partial charge in [0.05, 0.1) is 0 Å². The summed E-state index contributed by atoms with van der Waals surface area (Å²) in [5, 5.41) is 0. The van der Waals surface area contributed by atoms with Crippen molar-refractivity contribution >= 4 is 0 Å². The Morgan fingerprint density at radius 2 is 1.45 bits per heavy atom. The van der Waals surface area contributed by atoms with E-state index in [4.69, 9.17) is 4.74 Å². The average Bonchev–Trinajstić information content (AvgIpc) is 2.83. The molecule has 0 radical (unpaired) electrons. The Kier molecular flexibility index (Phi) is 8.56. The van der Waals surface area contributed by atoms with Crippen LogP contribution in [0, 0.1) is 29.6 Å². The van der Waals surface area contributed by atoms with E-state index in [-0.39, 0.29) is 0 Å². The highest BCUT2D eigenvalue weighted by molar-refractivity contribution is 5.30. The molecule has 0 aromatic heterocycles. The number of hydrogen-bond acceptors (Lipinski definition) is 1. The summed E-state index contributed by atoms with van der Waals surface area (Å²) in [4.78, 5) is 0. The minimum Gasteiger partial charge on any atom is -0.490 e. The first-order chi connectivity index (χ1) is 15.3. The zero-order valence-electron chi connectivity index (χ0n) is 20.2. The predicted molar refractivity (Wildman–Crippen MR) is 133 cm³/mol. The smallest absolute Gasteiger partial charge is 0.119 e. The summed E-state index contributed by atoms with van der Waals surface area (Å²) in [6.07, 6.45) is 23.5. The molecule has 4 rings (SSSR count). The highest BCUT2D eigenvalue weighted by Gasteiger charge is 2.38. The molecule has 0 amide bonds. The number of hydrogen-bond donors (Lipinski definition) is 0. The molecule has 0 N–H and O–H groups in total. The van der Waals surface area contributed by atoms with Gasteiger partial charge in [-0.3, -0.25) is 0 Å². The maximum absolute atomic E-state index is 5.77. The summed E-state index contributed by atoms with van der Waals surface area (Å²) in [6, 6.07) is 8.97. The van der Waals surface area contributed by atoms with Crippen LogP contribution in [-0.4, -0.2) is 6.61 Å². The van der Waals surface area contributed by atoms with Gasteiger partial charge in [0, 0.05) is 0 Å². The van der Waals surface area contributed by atoms with Gasteiger partial charge in [0.25, 0.3) is 0 Å². The summed E-state index contributed by atoms with van der Waals surface area (Å²) in [6.45, 7) is 5.05. The summed E-state index contributed by atoms with van der Waals surface area (Å²) in [5.41, 5.74) is 1.53. The fourth-order valence-electron chi connectivity index (χ4n) is 7.21. The summed E-state index contributed by atoms with van der Waals surface area (Å²) >= 11 is 0. The molecule has 0 spiro atoms. The average molecular weight is 423 g/mol. The SMILES string of the molecule is C/C=C/COc1ccc(C2CCC(C3CCC4CC(CCCC)CCC4C3)CC2)cc1. The van der Waals surface area contributed by atoms with Gasteiger partial charge in [-0.2, -0.15) is 0 Å². The van der Waals surface area contributed by atoms with Gasteiger partial charge < -0.3 is 4.74 Å². The fourth-order valence-corrected chi connectivity index (χ4v) is 7.21. The summed E-state index contributed by atoms with van der Waals surface area (Å²) < 4.78 is 5.77. The Hall–Kier alpha value is -1.24. The maximum atomic E-state index is 5.77. The molecule has 4 unspecified atom stereocenters. The third-order valence-electron chi connectivity index (χ3n) is 9.10. The Morgan fingerprint density at radius 1 is 0.806 bits per heavy atom. The van der Waals surface area contributed by atoms with Crippen LogP contribution in [0.3, 0.4) is 0 Å². The van der Waals surface area contributed by atoms with Gasteiger partial charge in [0.2, 0.25) is 0 Å². The van der Waals surface area contributed by atoms with Gasteiger partial charge >= 0.3 is 0 Å². The van der Waals surface area contributed by atoms with Crippen LogP contribution < -0.4 is 4.74 Å². The Morgan fingerprint density at radius 3 is 2.16 bits per heavy atom. The van der Waals surface area contributed by atoms with Crippen LogP contribution in [-0.2, 0) is 0 Å². The lowest BCUT2D eigenvalue weighted by atomic mass is 9.60. The van der Waals surface area contributed by atoms with Crippen LogP contribution in [0.1, 0.15) is 109 Å². The lowest BCUT2D eigenvalue weighted by Gasteiger charge is -2.45. The Labute approximate surface area is 192 Å². The molecule has 0 heterocycles. The zero-order valence-corrected chi connectivity index (χ0v) is 20.2. The van der Waals surface area contributed by atoms with Crippen molar-refractivity contribution in [3.63, 3.8) is 0 Å². The molecule has 1 nitrogen and oxygen atoms in total. The highest BCUT2D eigenvalue weighted by atomic mass is 16.5. The van der Waals surface area contributed by atoms with Gasteiger partial charge in [-0.05, 0) is 118 Å². The lowest BCUT2D eigenvalue weighted by molar-refractivity contribution is 0.0614. The van der Waals surface area contributed by atoms with Crippen molar-refractivity contribution in [2.45, 2.75) is 103 Å². The van der Waals surface area contributed by atoms with Crippen LogP contribution in [0.4, 0.5) is 0 Å². The van der Waals surface area contributed by atoms with Crippen LogP contribution >= 0.6 is 0 Å². The molecular weight excluding hydrogens is 376 g/mol. The van der Waals surface area contributed by atoms with Gasteiger partial charge in [0.15, 0.2) is 0 Å². The summed E-state index contributed by atoms with van der Waals surface area (Å²) in [7, 11) is 0. The fraction of sp³-hybridized carbons (Fsp3) is 0.733. The topological polar surface area (TPSA) is 9.23 Å². The quantitative estimate of drug-likeness (QED) is 0.380. The molecule has 172 valence electrons. The van der Waals surface area contributed by atoms with E-state index in [0.717, 1.165) is 41.3 Å². The number of benzene rings is 1. The van der Waals surface area contributed by atoms with Crippen molar-refractivity contribution in [1.29, 1.82) is 0 Å². The molecule has 3 aliphatic carbocycles. The molecule has 0 saturated heterocycles. The van der Waals surface area contributed by atoms with E-state index in [0.29, 0.717) is 6.61 Å². The van der Waals surface area contributed by atoms with Gasteiger partial charge in [-0.25, -0.2) is 0 Å². The molecular formula is C30H46O. The molecule has 3 aliphatic rings. The van der Waals surface area contributed by atoms with Crippen molar-refractivity contribution in [3.05, 3.63) is 42.0 Å². The van der Waals surface area contributed by atoms with E-state index >= 15 is 0 Å². The number of unbranched alkanes of at least 4 members (excludes halogenated alkanes) is 1. The number of allylic oxidation sites excluding steroid dienone is 1. The third kappa shape index (κ3) is 6.17. The second kappa shape index (κ2) is 11.6. The largest absolute Gasteiger partial charge is 0.490 e. The monoisotopic (exact) mass is 422 g/mol. The first-order valence-corrected chi connectivity index (χ1v) is 13.6. The minimum absolute atomic E-state index is 0.670. The van der Waals surface area contributed by atoms with Gasteiger partial charge in [-0.1, -0.05) is 56.9 Å². The normalized spacial score (nSPS) is 33.9. The molecule has 4 atom stereocenters. The first-order valence-electron chi connectivity index (χ1n) is 13.6. The van der Waals surface area contributed by atoms with E-state index in [2.05, 4.69) is 37.3 Å². The molecule has 1 heteroatoms. The molecule has 3 saturated carbocycles. The van der Waals surface area contributed by atoms with E-state index in [1.54, 1.807) is 25.7 Å². The molecule has 0 aliphatic heterocycles. The summed E-state index contributed by atoms with van der Waals surface area (Å²) in [5.74, 6) is 7.03. The van der Waals surface area contributed by atoms with Crippen molar-refractivity contribution < 1.29 is 4.74 Å². The molecule has 1 aromatic rings.